The predicted octanol–water partition coefficient (Wildman–Crippen LogP) is 1.19. The fraction of sp³-hybridized carbons (Fsp3) is 0.111. The van der Waals surface area contributed by atoms with Gasteiger partial charge in [0.15, 0.2) is 0 Å². The lowest BCUT2D eigenvalue weighted by Crippen LogP contribution is -1.95. The summed E-state index contributed by atoms with van der Waals surface area (Å²) in [5.74, 6) is 0.0246. The first-order valence-corrected chi connectivity index (χ1v) is 3.54. The van der Waals surface area contributed by atoms with Gasteiger partial charge in [0.05, 0.1) is 0 Å². The van der Waals surface area contributed by atoms with E-state index in [9.17, 15) is 10.2 Å². The van der Waals surface area contributed by atoms with Gasteiger partial charge in [-0.3, -0.25) is 0 Å². The number of rotatable bonds is 2. The van der Waals surface area contributed by atoms with Crippen LogP contribution in [0.1, 0.15) is 11.7 Å². The molecule has 12 heavy (non-hydrogen) atoms. The number of nitrogen functional groups attached to an aromatic ring is 1. The molecule has 1 atom stereocenters. The van der Waals surface area contributed by atoms with E-state index in [2.05, 4.69) is 6.58 Å². The first-order chi connectivity index (χ1) is 5.65. The van der Waals surface area contributed by atoms with Crippen LogP contribution in [-0.4, -0.2) is 10.2 Å². The lowest BCUT2D eigenvalue weighted by molar-refractivity contribution is 0.224. The number of aliphatic hydroxyl groups excluding tert-OH is 1. The second kappa shape index (κ2) is 3.28. The molecule has 0 saturated carbocycles. The van der Waals surface area contributed by atoms with Crippen LogP contribution in [0.25, 0.3) is 0 Å². The summed E-state index contributed by atoms with van der Waals surface area (Å²) in [7, 11) is 0. The average molecular weight is 165 g/mol. The van der Waals surface area contributed by atoms with Crippen LogP contribution in [0.5, 0.6) is 5.75 Å². The zero-order chi connectivity index (χ0) is 9.14. The topological polar surface area (TPSA) is 66.5 Å². The van der Waals surface area contributed by atoms with Gasteiger partial charge >= 0.3 is 0 Å². The van der Waals surface area contributed by atoms with Gasteiger partial charge in [-0.25, -0.2) is 0 Å². The lowest BCUT2D eigenvalue weighted by Gasteiger charge is -2.08. The molecule has 0 aliphatic carbocycles. The van der Waals surface area contributed by atoms with Crippen molar-refractivity contribution in [2.45, 2.75) is 6.10 Å². The molecule has 1 rings (SSSR count). The lowest BCUT2D eigenvalue weighted by atomic mass is 10.1. The van der Waals surface area contributed by atoms with Crippen LogP contribution >= 0.6 is 0 Å². The molecule has 0 fully saturated rings. The summed E-state index contributed by atoms with van der Waals surface area (Å²) in [5, 5.41) is 18.6. The number of phenols is 1. The van der Waals surface area contributed by atoms with E-state index in [-0.39, 0.29) is 5.75 Å². The molecular formula is C9H11NO2. The van der Waals surface area contributed by atoms with Gasteiger partial charge in [0, 0.05) is 11.3 Å². The summed E-state index contributed by atoms with van der Waals surface area (Å²) < 4.78 is 0. The summed E-state index contributed by atoms with van der Waals surface area (Å²) in [4.78, 5) is 0. The number of anilines is 1. The van der Waals surface area contributed by atoms with Crippen LogP contribution in [0.3, 0.4) is 0 Å². The maximum atomic E-state index is 9.30. The summed E-state index contributed by atoms with van der Waals surface area (Å²) in [6.07, 6.45) is 0.461. The molecule has 0 aromatic heterocycles. The van der Waals surface area contributed by atoms with E-state index in [1.165, 1.54) is 18.2 Å². The van der Waals surface area contributed by atoms with Crippen molar-refractivity contribution >= 4 is 5.69 Å². The van der Waals surface area contributed by atoms with Crippen molar-refractivity contribution < 1.29 is 10.2 Å². The number of hydrogen-bond donors (Lipinski definition) is 3. The third-order valence-electron chi connectivity index (χ3n) is 1.59. The molecule has 0 saturated heterocycles. The van der Waals surface area contributed by atoms with Crippen molar-refractivity contribution in [3.8, 4) is 5.75 Å². The second-order valence-electron chi connectivity index (χ2n) is 2.50. The Morgan fingerprint density at radius 1 is 1.50 bits per heavy atom. The van der Waals surface area contributed by atoms with E-state index in [4.69, 9.17) is 5.73 Å². The van der Waals surface area contributed by atoms with Crippen LogP contribution in [0, 0.1) is 0 Å². The molecule has 1 aromatic carbocycles. The van der Waals surface area contributed by atoms with Gasteiger partial charge in [-0.05, 0) is 18.2 Å². The molecule has 0 aliphatic rings. The van der Waals surface area contributed by atoms with E-state index in [1.54, 1.807) is 6.07 Å². The molecule has 0 bridgehead atoms. The van der Waals surface area contributed by atoms with Crippen molar-refractivity contribution in [1.29, 1.82) is 0 Å². The third-order valence-corrected chi connectivity index (χ3v) is 1.59. The van der Waals surface area contributed by atoms with Crippen molar-refractivity contribution in [3.05, 3.63) is 36.4 Å². The molecule has 0 amide bonds. The Kier molecular flexibility index (Phi) is 2.35. The molecule has 1 aromatic rings. The largest absolute Gasteiger partial charge is 0.508 e. The number of hydrogen-bond acceptors (Lipinski definition) is 3. The molecule has 4 N–H and O–H groups in total. The maximum absolute atomic E-state index is 9.30. The molecule has 0 radical (unpaired) electrons. The minimum absolute atomic E-state index is 0.0246. The van der Waals surface area contributed by atoms with E-state index in [0.717, 1.165) is 0 Å². The Hall–Kier alpha value is -1.48. The highest BCUT2D eigenvalue weighted by molar-refractivity contribution is 5.48. The van der Waals surface area contributed by atoms with Crippen molar-refractivity contribution in [2.24, 2.45) is 0 Å². The summed E-state index contributed by atoms with van der Waals surface area (Å²) >= 11 is 0. The molecule has 0 aliphatic heterocycles. The second-order valence-corrected chi connectivity index (χ2v) is 2.50. The minimum Gasteiger partial charge on any atom is -0.508 e. The molecule has 64 valence electrons. The Labute approximate surface area is 70.8 Å². The van der Waals surface area contributed by atoms with Gasteiger partial charge in [0.2, 0.25) is 0 Å². The molecule has 0 spiro atoms. The van der Waals surface area contributed by atoms with E-state index >= 15 is 0 Å². The highest BCUT2D eigenvalue weighted by Gasteiger charge is 2.07. The Bertz CT molecular complexity index is 297. The van der Waals surface area contributed by atoms with Gasteiger partial charge in [-0.2, -0.15) is 0 Å². The van der Waals surface area contributed by atoms with Crippen LogP contribution in [0.4, 0.5) is 5.69 Å². The highest BCUT2D eigenvalue weighted by Crippen LogP contribution is 2.26. The summed E-state index contributed by atoms with van der Waals surface area (Å²) in [5.41, 5.74) is 6.35. The molecule has 1 unspecified atom stereocenters. The monoisotopic (exact) mass is 165 g/mol. The van der Waals surface area contributed by atoms with Crippen molar-refractivity contribution in [3.63, 3.8) is 0 Å². The van der Waals surface area contributed by atoms with Crippen molar-refractivity contribution in [1.82, 2.24) is 0 Å². The van der Waals surface area contributed by atoms with Crippen LogP contribution in [-0.2, 0) is 0 Å². The van der Waals surface area contributed by atoms with Crippen LogP contribution in [0.15, 0.2) is 30.9 Å². The first kappa shape index (κ1) is 8.62. The molecule has 3 nitrogen and oxygen atoms in total. The van der Waals surface area contributed by atoms with Gasteiger partial charge in [0.1, 0.15) is 11.9 Å². The standard InChI is InChI=1S/C9H11NO2/c1-2-8(11)7-5-6(10)3-4-9(7)12/h2-5,8,11-12H,1,10H2. The van der Waals surface area contributed by atoms with Gasteiger partial charge in [0.25, 0.3) is 0 Å². The highest BCUT2D eigenvalue weighted by atomic mass is 16.3. The fourth-order valence-electron chi connectivity index (χ4n) is 0.937. The van der Waals surface area contributed by atoms with Crippen molar-refractivity contribution in [2.75, 3.05) is 5.73 Å². The maximum Gasteiger partial charge on any atom is 0.121 e. The zero-order valence-electron chi connectivity index (χ0n) is 6.57. The third kappa shape index (κ3) is 1.57. The average Bonchev–Trinajstić information content (AvgIpc) is 2.08. The summed E-state index contributed by atoms with van der Waals surface area (Å²) in [6.45, 7) is 3.41. The minimum atomic E-state index is -0.867. The first-order valence-electron chi connectivity index (χ1n) is 3.54. The van der Waals surface area contributed by atoms with E-state index < -0.39 is 6.10 Å². The number of aromatic hydroxyl groups is 1. The Morgan fingerprint density at radius 2 is 2.17 bits per heavy atom. The molecule has 0 heterocycles. The number of aliphatic hydroxyl groups is 1. The van der Waals surface area contributed by atoms with E-state index in [0.29, 0.717) is 11.3 Å². The Balaban J connectivity index is 3.12. The fourth-order valence-corrected chi connectivity index (χ4v) is 0.937. The number of benzene rings is 1. The smallest absolute Gasteiger partial charge is 0.121 e. The quantitative estimate of drug-likeness (QED) is 0.350. The van der Waals surface area contributed by atoms with E-state index in [1.807, 2.05) is 0 Å². The Morgan fingerprint density at radius 3 is 2.75 bits per heavy atom. The normalized spacial score (nSPS) is 12.4. The summed E-state index contributed by atoms with van der Waals surface area (Å²) in [6, 6.07) is 4.52. The van der Waals surface area contributed by atoms with Crippen LogP contribution < -0.4 is 5.73 Å². The SMILES string of the molecule is C=CC(O)c1cc(N)ccc1O. The van der Waals surface area contributed by atoms with Gasteiger partial charge < -0.3 is 15.9 Å². The molecule has 3 heteroatoms. The van der Waals surface area contributed by atoms with Crippen LogP contribution in [0.2, 0.25) is 0 Å². The molecular weight excluding hydrogens is 154 g/mol. The number of phenolic OH excluding ortho intramolecular Hbond substituents is 1. The van der Waals surface area contributed by atoms with Gasteiger partial charge in [-0.15, -0.1) is 6.58 Å². The van der Waals surface area contributed by atoms with Gasteiger partial charge in [-0.1, -0.05) is 6.08 Å². The zero-order valence-corrected chi connectivity index (χ0v) is 6.57. The number of nitrogens with two attached hydrogens (primary N) is 1. The predicted molar refractivity (Wildman–Crippen MR) is 47.7 cm³/mol.